The van der Waals surface area contributed by atoms with Crippen molar-refractivity contribution in [3.05, 3.63) is 21.6 Å². The van der Waals surface area contributed by atoms with Gasteiger partial charge in [-0.3, -0.25) is 9.59 Å². The molecule has 0 aliphatic carbocycles. The Morgan fingerprint density at radius 3 is 2.65 bits per heavy atom. The zero-order valence-electron chi connectivity index (χ0n) is 12.2. The minimum Gasteiger partial charge on any atom is -0.371 e. The van der Waals surface area contributed by atoms with Crippen molar-refractivity contribution in [2.24, 2.45) is 5.92 Å². The Labute approximate surface area is 123 Å². The Morgan fingerprint density at radius 1 is 1.45 bits per heavy atom. The van der Waals surface area contributed by atoms with Crippen LogP contribution in [0.1, 0.15) is 27.7 Å². The van der Waals surface area contributed by atoms with E-state index >= 15 is 0 Å². The molecule has 0 fully saturated rings. The molecular formula is C13H21ClN4O2. The van der Waals surface area contributed by atoms with Crippen LogP contribution in [0.25, 0.3) is 0 Å². The second kappa shape index (κ2) is 7.28. The number of nitrogens with zero attached hydrogens (tertiary/aromatic N) is 2. The van der Waals surface area contributed by atoms with Crippen LogP contribution in [0.2, 0.25) is 5.02 Å². The standard InChI is InChI=1S/C13H21ClN4O2/c1-5-15-12(19)9(4)17-10-6-16-18(7-8(2)3)13(20)11(10)14/h6,8-9,17H,5,7H2,1-4H3,(H,15,19). The Kier molecular flexibility index (Phi) is 6.01. The van der Waals surface area contributed by atoms with Crippen molar-refractivity contribution in [1.29, 1.82) is 0 Å². The number of halogens is 1. The first-order chi connectivity index (χ1) is 9.36. The van der Waals surface area contributed by atoms with Gasteiger partial charge in [0, 0.05) is 13.1 Å². The molecule has 1 aromatic rings. The summed E-state index contributed by atoms with van der Waals surface area (Å²) in [4.78, 5) is 23.7. The van der Waals surface area contributed by atoms with Crippen LogP contribution in [0.4, 0.5) is 5.69 Å². The number of likely N-dealkylation sites (N-methyl/N-ethyl adjacent to an activating group) is 1. The van der Waals surface area contributed by atoms with Gasteiger partial charge in [-0.1, -0.05) is 25.4 Å². The van der Waals surface area contributed by atoms with Crippen LogP contribution in [-0.4, -0.2) is 28.3 Å². The van der Waals surface area contributed by atoms with Gasteiger partial charge in [0.15, 0.2) is 0 Å². The highest BCUT2D eigenvalue weighted by Crippen LogP contribution is 2.16. The van der Waals surface area contributed by atoms with E-state index in [1.165, 1.54) is 10.9 Å². The summed E-state index contributed by atoms with van der Waals surface area (Å²) in [5.74, 6) is 0.138. The van der Waals surface area contributed by atoms with Crippen molar-refractivity contribution in [1.82, 2.24) is 15.1 Å². The Balaban J connectivity index is 2.90. The maximum Gasteiger partial charge on any atom is 0.287 e. The monoisotopic (exact) mass is 300 g/mol. The maximum atomic E-state index is 12.0. The van der Waals surface area contributed by atoms with Gasteiger partial charge in [-0.15, -0.1) is 0 Å². The molecule has 0 radical (unpaired) electrons. The average molecular weight is 301 g/mol. The molecule has 1 amide bonds. The highest BCUT2D eigenvalue weighted by Gasteiger charge is 2.16. The maximum absolute atomic E-state index is 12.0. The van der Waals surface area contributed by atoms with Crippen LogP contribution in [0.5, 0.6) is 0 Å². The fourth-order valence-corrected chi connectivity index (χ4v) is 1.87. The number of hydrogen-bond acceptors (Lipinski definition) is 4. The highest BCUT2D eigenvalue weighted by molar-refractivity contribution is 6.33. The van der Waals surface area contributed by atoms with E-state index < -0.39 is 6.04 Å². The molecule has 0 aliphatic rings. The van der Waals surface area contributed by atoms with E-state index in [1.807, 2.05) is 20.8 Å². The summed E-state index contributed by atoms with van der Waals surface area (Å²) in [7, 11) is 0. The summed E-state index contributed by atoms with van der Waals surface area (Å²) in [6, 6.07) is -0.491. The number of amides is 1. The van der Waals surface area contributed by atoms with Crippen molar-refractivity contribution in [2.45, 2.75) is 40.3 Å². The van der Waals surface area contributed by atoms with Gasteiger partial charge < -0.3 is 10.6 Å². The van der Waals surface area contributed by atoms with Crippen LogP contribution >= 0.6 is 11.6 Å². The van der Waals surface area contributed by atoms with Gasteiger partial charge in [-0.05, 0) is 19.8 Å². The van der Waals surface area contributed by atoms with Crippen molar-refractivity contribution >= 4 is 23.2 Å². The molecule has 0 saturated heterocycles. The normalized spacial score (nSPS) is 12.3. The van der Waals surface area contributed by atoms with E-state index in [0.29, 0.717) is 24.7 Å². The second-order valence-electron chi connectivity index (χ2n) is 5.01. The lowest BCUT2D eigenvalue weighted by molar-refractivity contribution is -0.121. The molecule has 7 heteroatoms. The molecule has 0 saturated carbocycles. The van der Waals surface area contributed by atoms with Gasteiger partial charge in [-0.2, -0.15) is 5.10 Å². The van der Waals surface area contributed by atoms with Gasteiger partial charge in [0.2, 0.25) is 5.91 Å². The molecule has 1 unspecified atom stereocenters. The van der Waals surface area contributed by atoms with Crippen LogP contribution in [0.3, 0.4) is 0 Å². The minimum atomic E-state index is -0.491. The molecular weight excluding hydrogens is 280 g/mol. The number of carbonyl (C=O) groups is 1. The average Bonchev–Trinajstić information content (AvgIpc) is 2.38. The van der Waals surface area contributed by atoms with Gasteiger partial charge in [-0.25, -0.2) is 4.68 Å². The molecule has 1 heterocycles. The zero-order chi connectivity index (χ0) is 15.3. The number of nitrogens with one attached hydrogen (secondary N) is 2. The number of anilines is 1. The molecule has 1 atom stereocenters. The van der Waals surface area contributed by atoms with Crippen molar-refractivity contribution in [3.8, 4) is 0 Å². The summed E-state index contributed by atoms with van der Waals surface area (Å²) >= 11 is 6.04. The number of carbonyl (C=O) groups excluding carboxylic acids is 1. The molecule has 0 aromatic carbocycles. The lowest BCUT2D eigenvalue weighted by Crippen LogP contribution is -2.38. The lowest BCUT2D eigenvalue weighted by atomic mass is 10.2. The van der Waals surface area contributed by atoms with Gasteiger partial charge in [0.05, 0.1) is 11.9 Å². The zero-order valence-corrected chi connectivity index (χ0v) is 13.0. The molecule has 112 valence electrons. The van der Waals surface area contributed by atoms with Gasteiger partial charge >= 0.3 is 0 Å². The van der Waals surface area contributed by atoms with E-state index in [1.54, 1.807) is 6.92 Å². The van der Waals surface area contributed by atoms with Crippen LogP contribution in [0.15, 0.2) is 11.0 Å². The molecule has 1 rings (SSSR count). The quantitative estimate of drug-likeness (QED) is 0.834. The third kappa shape index (κ3) is 4.23. The third-order valence-electron chi connectivity index (χ3n) is 2.64. The van der Waals surface area contributed by atoms with Gasteiger partial charge in [0.25, 0.3) is 5.56 Å². The van der Waals surface area contributed by atoms with E-state index in [9.17, 15) is 9.59 Å². The van der Waals surface area contributed by atoms with E-state index in [-0.39, 0.29) is 16.5 Å². The minimum absolute atomic E-state index is 0.0526. The first kappa shape index (κ1) is 16.5. The number of hydrogen-bond donors (Lipinski definition) is 2. The van der Waals surface area contributed by atoms with Crippen LogP contribution in [-0.2, 0) is 11.3 Å². The van der Waals surface area contributed by atoms with Gasteiger partial charge in [0.1, 0.15) is 11.1 Å². The summed E-state index contributed by atoms with van der Waals surface area (Å²) in [5, 5.41) is 9.70. The Hall–Kier alpha value is -1.56. The predicted molar refractivity (Wildman–Crippen MR) is 80.1 cm³/mol. The molecule has 0 aliphatic heterocycles. The topological polar surface area (TPSA) is 76.0 Å². The fourth-order valence-electron chi connectivity index (χ4n) is 1.67. The Bertz CT molecular complexity index is 528. The van der Waals surface area contributed by atoms with Crippen molar-refractivity contribution in [3.63, 3.8) is 0 Å². The van der Waals surface area contributed by atoms with E-state index in [2.05, 4.69) is 15.7 Å². The molecule has 1 aromatic heterocycles. The molecule has 0 spiro atoms. The summed E-state index contributed by atoms with van der Waals surface area (Å²) in [5.41, 5.74) is 0.0175. The summed E-state index contributed by atoms with van der Waals surface area (Å²) in [6.45, 7) is 8.57. The molecule has 2 N–H and O–H groups in total. The second-order valence-corrected chi connectivity index (χ2v) is 5.39. The van der Waals surface area contributed by atoms with E-state index in [0.717, 1.165) is 0 Å². The smallest absolute Gasteiger partial charge is 0.287 e. The fraction of sp³-hybridized carbons (Fsp3) is 0.615. The lowest BCUT2D eigenvalue weighted by Gasteiger charge is -2.16. The highest BCUT2D eigenvalue weighted by atomic mass is 35.5. The van der Waals surface area contributed by atoms with Crippen molar-refractivity contribution in [2.75, 3.05) is 11.9 Å². The molecule has 6 nitrogen and oxygen atoms in total. The molecule has 0 bridgehead atoms. The summed E-state index contributed by atoms with van der Waals surface area (Å²) in [6.07, 6.45) is 1.47. The van der Waals surface area contributed by atoms with Crippen LogP contribution < -0.4 is 16.2 Å². The van der Waals surface area contributed by atoms with E-state index in [4.69, 9.17) is 11.6 Å². The third-order valence-corrected chi connectivity index (χ3v) is 3.00. The predicted octanol–water partition coefficient (Wildman–Crippen LogP) is 1.49. The largest absolute Gasteiger partial charge is 0.371 e. The summed E-state index contributed by atoms with van der Waals surface area (Å²) < 4.78 is 1.33. The number of rotatable bonds is 6. The molecule has 20 heavy (non-hydrogen) atoms. The Morgan fingerprint density at radius 2 is 2.10 bits per heavy atom. The van der Waals surface area contributed by atoms with Crippen molar-refractivity contribution < 1.29 is 4.79 Å². The van der Waals surface area contributed by atoms with Crippen LogP contribution in [0, 0.1) is 5.92 Å². The SMILES string of the molecule is CCNC(=O)C(C)Nc1cnn(CC(C)C)c(=O)c1Cl. The first-order valence-corrected chi connectivity index (χ1v) is 7.04. The first-order valence-electron chi connectivity index (χ1n) is 6.66. The number of aromatic nitrogens is 2.